The molecule has 1 aliphatic carbocycles. The van der Waals surface area contributed by atoms with Crippen molar-refractivity contribution >= 4 is 22.7 Å². The van der Waals surface area contributed by atoms with E-state index in [4.69, 9.17) is 5.10 Å². The summed E-state index contributed by atoms with van der Waals surface area (Å²) in [5.41, 5.74) is 3.67. The number of hydrogen-bond donors (Lipinski definition) is 2. The van der Waals surface area contributed by atoms with Crippen molar-refractivity contribution in [1.29, 1.82) is 0 Å². The fourth-order valence-corrected chi connectivity index (χ4v) is 4.70. The molecule has 0 radical (unpaired) electrons. The van der Waals surface area contributed by atoms with Crippen LogP contribution in [0.4, 0.5) is 5.69 Å². The van der Waals surface area contributed by atoms with E-state index < -0.39 is 5.97 Å². The lowest BCUT2D eigenvalue weighted by Gasteiger charge is -2.26. The predicted molar refractivity (Wildman–Crippen MR) is 117 cm³/mol. The molecule has 0 spiro atoms. The van der Waals surface area contributed by atoms with Crippen LogP contribution in [-0.4, -0.2) is 52.5 Å². The van der Waals surface area contributed by atoms with Gasteiger partial charge in [0.05, 0.1) is 22.5 Å². The van der Waals surface area contributed by atoms with Crippen molar-refractivity contribution in [2.24, 2.45) is 5.92 Å². The van der Waals surface area contributed by atoms with Crippen molar-refractivity contribution in [1.82, 2.24) is 20.1 Å². The second-order valence-electron chi connectivity index (χ2n) is 8.45. The zero-order valence-corrected chi connectivity index (χ0v) is 17.2. The van der Waals surface area contributed by atoms with Gasteiger partial charge in [-0.2, -0.15) is 5.10 Å². The predicted octanol–water partition coefficient (Wildman–Crippen LogP) is 3.43. The van der Waals surface area contributed by atoms with E-state index in [2.05, 4.69) is 15.2 Å². The minimum atomic E-state index is -1.00. The minimum Gasteiger partial charge on any atom is -0.477 e. The first kappa shape index (κ1) is 19.1. The number of hydrogen-bond acceptors (Lipinski definition) is 5. The second-order valence-corrected chi connectivity index (χ2v) is 8.45. The van der Waals surface area contributed by atoms with Gasteiger partial charge in [0.2, 0.25) is 0 Å². The van der Waals surface area contributed by atoms with E-state index in [1.807, 2.05) is 42.1 Å². The number of aromatic carboxylic acids is 1. The highest BCUT2D eigenvalue weighted by Crippen LogP contribution is 2.43. The van der Waals surface area contributed by atoms with Crippen molar-refractivity contribution in [2.45, 2.75) is 31.6 Å². The highest BCUT2D eigenvalue weighted by atomic mass is 16.4. The number of carboxylic acid groups (broad SMARTS) is 1. The fraction of sp³-hybridized carbons (Fsp3) is 0.435. The summed E-state index contributed by atoms with van der Waals surface area (Å²) in [6, 6.07) is 11.6. The molecule has 1 saturated heterocycles. The number of carboxylic acids is 1. The van der Waals surface area contributed by atoms with Crippen LogP contribution in [-0.2, 0) is 0 Å². The number of rotatable bonds is 6. The minimum absolute atomic E-state index is 0.0757. The van der Waals surface area contributed by atoms with Gasteiger partial charge in [-0.15, -0.1) is 0 Å². The average Bonchev–Trinajstić information content (AvgIpc) is 3.32. The Bertz CT molecular complexity index is 1070. The smallest absolute Gasteiger partial charge is 0.354 e. The molecule has 0 amide bonds. The molecule has 0 unspecified atom stereocenters. The quantitative estimate of drug-likeness (QED) is 0.654. The number of fused-ring (bicyclic) bond motifs is 1. The van der Waals surface area contributed by atoms with E-state index in [9.17, 15) is 9.90 Å². The van der Waals surface area contributed by atoms with Crippen LogP contribution >= 0.6 is 0 Å². The molecule has 1 atom stereocenters. The lowest BCUT2D eigenvalue weighted by molar-refractivity contribution is 0.0691. The van der Waals surface area contributed by atoms with Gasteiger partial charge < -0.3 is 15.3 Å². The molecule has 1 aromatic carbocycles. The van der Waals surface area contributed by atoms with Crippen LogP contribution in [0.1, 0.15) is 47.8 Å². The number of carbonyl (C=O) groups is 1. The molecule has 2 N–H and O–H groups in total. The summed E-state index contributed by atoms with van der Waals surface area (Å²) >= 11 is 0. The molecule has 2 fully saturated rings. The third kappa shape index (κ3) is 3.23. The molecule has 5 rings (SSSR count). The van der Waals surface area contributed by atoms with E-state index in [0.29, 0.717) is 17.5 Å². The number of anilines is 1. The van der Waals surface area contributed by atoms with Crippen LogP contribution in [0.5, 0.6) is 0 Å². The zero-order valence-electron chi connectivity index (χ0n) is 17.2. The van der Waals surface area contributed by atoms with E-state index in [-0.39, 0.29) is 5.69 Å². The van der Waals surface area contributed by atoms with E-state index in [1.54, 1.807) is 6.07 Å². The number of nitrogens with zero attached hydrogens (tertiary/aromatic N) is 4. The van der Waals surface area contributed by atoms with Crippen molar-refractivity contribution < 1.29 is 9.90 Å². The molecule has 30 heavy (non-hydrogen) atoms. The van der Waals surface area contributed by atoms with Crippen LogP contribution in [0, 0.1) is 5.92 Å². The van der Waals surface area contributed by atoms with Gasteiger partial charge in [-0.1, -0.05) is 24.6 Å². The van der Waals surface area contributed by atoms with Gasteiger partial charge in [-0.05, 0) is 57.0 Å². The molecule has 1 aliphatic heterocycles. The lowest BCUT2D eigenvalue weighted by atomic mass is 9.82. The highest BCUT2D eigenvalue weighted by Gasteiger charge is 2.32. The third-order valence-electron chi connectivity index (χ3n) is 6.48. The monoisotopic (exact) mass is 405 g/mol. The second kappa shape index (κ2) is 7.72. The normalized spacial score (nSPS) is 19.4. The maximum absolute atomic E-state index is 11.9. The molecule has 3 aromatic rings. The Labute approximate surface area is 175 Å². The molecule has 0 bridgehead atoms. The van der Waals surface area contributed by atoms with E-state index in [0.717, 1.165) is 61.4 Å². The van der Waals surface area contributed by atoms with E-state index in [1.165, 1.54) is 6.42 Å². The Balaban J connectivity index is 1.72. The Kier molecular flexibility index (Phi) is 4.90. The average molecular weight is 406 g/mol. The molecule has 1 saturated carbocycles. The first-order valence-corrected chi connectivity index (χ1v) is 10.8. The summed E-state index contributed by atoms with van der Waals surface area (Å²) in [6.45, 7) is 2.81. The molecule has 2 aliphatic rings. The third-order valence-corrected chi connectivity index (χ3v) is 6.48. The van der Waals surface area contributed by atoms with Gasteiger partial charge in [0.25, 0.3) is 0 Å². The van der Waals surface area contributed by atoms with Crippen LogP contribution in [0.3, 0.4) is 0 Å². The Morgan fingerprint density at radius 1 is 1.23 bits per heavy atom. The summed E-state index contributed by atoms with van der Waals surface area (Å²) in [5, 5.41) is 19.1. The SMILES string of the molecule is CNC[C@@H]1CCN(c2cc(C(=O)O)nc3c2c(C2CCC2)nn3-c2ccccc2)C1. The Hall–Kier alpha value is -2.93. The van der Waals surface area contributed by atoms with Crippen molar-refractivity contribution in [3.63, 3.8) is 0 Å². The largest absolute Gasteiger partial charge is 0.477 e. The first-order chi connectivity index (χ1) is 14.7. The maximum Gasteiger partial charge on any atom is 0.354 e. The molecular weight excluding hydrogens is 378 g/mol. The number of para-hydroxylation sites is 1. The molecule has 7 nitrogen and oxygen atoms in total. The summed E-state index contributed by atoms with van der Waals surface area (Å²) in [5.74, 6) is -0.0256. The number of pyridine rings is 1. The van der Waals surface area contributed by atoms with Gasteiger partial charge >= 0.3 is 5.97 Å². The van der Waals surface area contributed by atoms with Crippen LogP contribution in [0.15, 0.2) is 36.4 Å². The highest BCUT2D eigenvalue weighted by molar-refractivity contribution is 5.98. The Morgan fingerprint density at radius 3 is 2.70 bits per heavy atom. The van der Waals surface area contributed by atoms with E-state index >= 15 is 0 Å². The number of benzene rings is 1. The molecular formula is C23H27N5O2. The van der Waals surface area contributed by atoms with Crippen LogP contribution in [0.25, 0.3) is 16.7 Å². The zero-order chi connectivity index (χ0) is 20.7. The number of aromatic nitrogens is 3. The standard InChI is InChI=1S/C23H27N5O2/c1-24-13-15-10-11-27(14-15)19-12-18(23(29)30)25-22-20(19)21(16-6-5-7-16)26-28(22)17-8-3-2-4-9-17/h2-4,8-9,12,15-16,24H,5-7,10-11,13-14H2,1H3,(H,29,30)/t15-/m0/s1. The van der Waals surface area contributed by atoms with Crippen LogP contribution < -0.4 is 10.2 Å². The van der Waals surface area contributed by atoms with Crippen molar-refractivity contribution in [3.8, 4) is 5.69 Å². The van der Waals surface area contributed by atoms with Gasteiger partial charge in [-0.25, -0.2) is 14.5 Å². The van der Waals surface area contributed by atoms with Gasteiger partial charge in [-0.3, -0.25) is 0 Å². The molecule has 2 aromatic heterocycles. The Morgan fingerprint density at radius 2 is 2.03 bits per heavy atom. The van der Waals surface area contributed by atoms with Crippen LogP contribution in [0.2, 0.25) is 0 Å². The van der Waals surface area contributed by atoms with Crippen molar-refractivity contribution in [2.75, 3.05) is 31.6 Å². The van der Waals surface area contributed by atoms with Crippen molar-refractivity contribution in [3.05, 3.63) is 47.8 Å². The summed E-state index contributed by atoms with van der Waals surface area (Å²) in [6.07, 6.45) is 4.57. The van der Waals surface area contributed by atoms with Gasteiger partial charge in [0, 0.05) is 19.0 Å². The molecule has 156 valence electrons. The summed E-state index contributed by atoms with van der Waals surface area (Å²) in [4.78, 5) is 18.8. The van der Waals surface area contributed by atoms with Gasteiger partial charge in [0.1, 0.15) is 0 Å². The number of nitrogens with one attached hydrogen (secondary N) is 1. The fourth-order valence-electron chi connectivity index (χ4n) is 4.70. The topological polar surface area (TPSA) is 83.3 Å². The summed E-state index contributed by atoms with van der Waals surface area (Å²) < 4.78 is 1.83. The molecule has 3 heterocycles. The molecule has 7 heteroatoms. The van der Waals surface area contributed by atoms with Gasteiger partial charge in [0.15, 0.2) is 11.3 Å². The first-order valence-electron chi connectivity index (χ1n) is 10.8. The lowest BCUT2D eigenvalue weighted by Crippen LogP contribution is -2.25. The maximum atomic E-state index is 11.9. The summed E-state index contributed by atoms with van der Waals surface area (Å²) in [7, 11) is 1.98.